The Bertz CT molecular complexity index is 582. The second-order valence-electron chi connectivity index (χ2n) is 5.39. The molecule has 0 saturated carbocycles. The minimum Gasteiger partial charge on any atom is -0.377 e. The minimum absolute atomic E-state index is 0.227. The summed E-state index contributed by atoms with van der Waals surface area (Å²) in [5, 5.41) is 12.7. The Morgan fingerprint density at radius 1 is 1.00 bits per heavy atom. The standard InChI is InChI=1S/C18H20N2/c1-14(2)12-18(15-8-4-3-5-9-15)20-17-11-7-6-10-16(17)13-19/h3-11,14,18,20H,12H2,1-2H3. The molecule has 102 valence electrons. The number of anilines is 1. The van der Waals surface area contributed by atoms with Crippen LogP contribution in [0.25, 0.3) is 0 Å². The number of hydrogen-bond donors (Lipinski definition) is 1. The van der Waals surface area contributed by atoms with Crippen molar-refractivity contribution in [2.45, 2.75) is 26.3 Å². The smallest absolute Gasteiger partial charge is 0.101 e. The number of benzene rings is 2. The molecule has 0 spiro atoms. The van der Waals surface area contributed by atoms with Gasteiger partial charge in [-0.3, -0.25) is 0 Å². The molecule has 0 saturated heterocycles. The molecule has 2 aromatic carbocycles. The highest BCUT2D eigenvalue weighted by molar-refractivity contribution is 5.58. The number of hydrogen-bond acceptors (Lipinski definition) is 2. The van der Waals surface area contributed by atoms with E-state index >= 15 is 0 Å². The maximum atomic E-state index is 9.19. The lowest BCUT2D eigenvalue weighted by Crippen LogP contribution is -2.14. The van der Waals surface area contributed by atoms with E-state index in [1.807, 2.05) is 30.3 Å². The van der Waals surface area contributed by atoms with Gasteiger partial charge in [-0.25, -0.2) is 0 Å². The Morgan fingerprint density at radius 2 is 1.65 bits per heavy atom. The summed E-state index contributed by atoms with van der Waals surface area (Å²) >= 11 is 0. The Kier molecular flexibility index (Phi) is 4.79. The molecule has 0 heterocycles. The summed E-state index contributed by atoms with van der Waals surface area (Å²) in [6, 6.07) is 20.5. The van der Waals surface area contributed by atoms with Crippen LogP contribution in [0.4, 0.5) is 5.69 Å². The fourth-order valence-corrected chi connectivity index (χ4v) is 2.33. The van der Waals surface area contributed by atoms with Crippen molar-refractivity contribution in [3.8, 4) is 6.07 Å². The van der Waals surface area contributed by atoms with Crippen LogP contribution in [-0.2, 0) is 0 Å². The largest absolute Gasteiger partial charge is 0.377 e. The number of rotatable bonds is 5. The van der Waals surface area contributed by atoms with Gasteiger partial charge < -0.3 is 5.32 Å². The zero-order chi connectivity index (χ0) is 14.4. The van der Waals surface area contributed by atoms with Gasteiger partial charge in [0.2, 0.25) is 0 Å². The van der Waals surface area contributed by atoms with Gasteiger partial charge >= 0.3 is 0 Å². The lowest BCUT2D eigenvalue weighted by atomic mass is 9.96. The van der Waals surface area contributed by atoms with E-state index in [0.29, 0.717) is 11.5 Å². The van der Waals surface area contributed by atoms with Crippen molar-refractivity contribution >= 4 is 5.69 Å². The lowest BCUT2D eigenvalue weighted by molar-refractivity contribution is 0.531. The Hall–Kier alpha value is -2.27. The van der Waals surface area contributed by atoms with Crippen LogP contribution < -0.4 is 5.32 Å². The zero-order valence-corrected chi connectivity index (χ0v) is 12.0. The second-order valence-corrected chi connectivity index (χ2v) is 5.39. The van der Waals surface area contributed by atoms with E-state index in [-0.39, 0.29) is 6.04 Å². The minimum atomic E-state index is 0.227. The van der Waals surface area contributed by atoms with Crippen molar-refractivity contribution in [2.24, 2.45) is 5.92 Å². The molecule has 2 aromatic rings. The predicted molar refractivity (Wildman–Crippen MR) is 83.4 cm³/mol. The number of para-hydroxylation sites is 1. The summed E-state index contributed by atoms with van der Waals surface area (Å²) in [5.41, 5.74) is 2.86. The van der Waals surface area contributed by atoms with Gasteiger partial charge in [0, 0.05) is 0 Å². The van der Waals surface area contributed by atoms with Crippen molar-refractivity contribution in [1.29, 1.82) is 5.26 Å². The summed E-state index contributed by atoms with van der Waals surface area (Å²) < 4.78 is 0. The van der Waals surface area contributed by atoms with E-state index in [9.17, 15) is 5.26 Å². The topological polar surface area (TPSA) is 35.8 Å². The zero-order valence-electron chi connectivity index (χ0n) is 12.0. The molecule has 0 bridgehead atoms. The molecule has 1 unspecified atom stereocenters. The average Bonchev–Trinajstić information content (AvgIpc) is 2.47. The van der Waals surface area contributed by atoms with Gasteiger partial charge in [-0.05, 0) is 30.0 Å². The van der Waals surface area contributed by atoms with Crippen LogP contribution in [0.2, 0.25) is 0 Å². The molecule has 1 N–H and O–H groups in total. The van der Waals surface area contributed by atoms with Gasteiger partial charge in [-0.15, -0.1) is 0 Å². The average molecular weight is 264 g/mol. The Morgan fingerprint density at radius 3 is 2.30 bits per heavy atom. The van der Waals surface area contributed by atoms with Crippen LogP contribution in [0.5, 0.6) is 0 Å². The number of nitrogens with one attached hydrogen (secondary N) is 1. The molecule has 0 radical (unpaired) electrons. The van der Waals surface area contributed by atoms with Gasteiger partial charge in [0.15, 0.2) is 0 Å². The molecule has 20 heavy (non-hydrogen) atoms. The predicted octanol–water partition coefficient (Wildman–Crippen LogP) is 4.76. The lowest BCUT2D eigenvalue weighted by Gasteiger charge is -2.23. The first-order chi connectivity index (χ1) is 9.70. The molecule has 2 rings (SSSR count). The van der Waals surface area contributed by atoms with Crippen molar-refractivity contribution in [2.75, 3.05) is 5.32 Å². The van der Waals surface area contributed by atoms with Gasteiger partial charge in [0.25, 0.3) is 0 Å². The highest BCUT2D eigenvalue weighted by Crippen LogP contribution is 2.27. The van der Waals surface area contributed by atoms with E-state index in [1.165, 1.54) is 5.56 Å². The molecular formula is C18H20N2. The van der Waals surface area contributed by atoms with Crippen LogP contribution in [0.15, 0.2) is 54.6 Å². The summed E-state index contributed by atoms with van der Waals surface area (Å²) in [4.78, 5) is 0. The first-order valence-corrected chi connectivity index (χ1v) is 7.01. The van der Waals surface area contributed by atoms with Crippen molar-refractivity contribution in [1.82, 2.24) is 0 Å². The molecule has 0 aromatic heterocycles. The SMILES string of the molecule is CC(C)CC(Nc1ccccc1C#N)c1ccccc1. The third-order valence-corrected chi connectivity index (χ3v) is 3.29. The van der Waals surface area contributed by atoms with E-state index < -0.39 is 0 Å². The summed E-state index contributed by atoms with van der Waals surface area (Å²) in [6.45, 7) is 4.43. The maximum Gasteiger partial charge on any atom is 0.101 e. The molecule has 0 amide bonds. The van der Waals surface area contributed by atoms with Gasteiger partial charge in [-0.2, -0.15) is 5.26 Å². The van der Waals surface area contributed by atoms with Crippen molar-refractivity contribution in [3.05, 3.63) is 65.7 Å². The van der Waals surface area contributed by atoms with Crippen LogP contribution in [0.3, 0.4) is 0 Å². The van der Waals surface area contributed by atoms with Gasteiger partial charge in [-0.1, -0.05) is 56.3 Å². The van der Waals surface area contributed by atoms with Crippen LogP contribution in [0.1, 0.15) is 37.4 Å². The Balaban J connectivity index is 2.27. The number of nitrogens with zero attached hydrogens (tertiary/aromatic N) is 1. The molecule has 2 heteroatoms. The summed E-state index contributed by atoms with van der Waals surface area (Å²) in [6.07, 6.45) is 1.03. The van der Waals surface area contributed by atoms with Gasteiger partial charge in [0.1, 0.15) is 6.07 Å². The van der Waals surface area contributed by atoms with E-state index in [0.717, 1.165) is 12.1 Å². The second kappa shape index (κ2) is 6.77. The quantitative estimate of drug-likeness (QED) is 0.845. The van der Waals surface area contributed by atoms with E-state index in [2.05, 4.69) is 49.5 Å². The molecule has 2 nitrogen and oxygen atoms in total. The maximum absolute atomic E-state index is 9.19. The highest BCUT2D eigenvalue weighted by atomic mass is 14.9. The van der Waals surface area contributed by atoms with Crippen molar-refractivity contribution in [3.63, 3.8) is 0 Å². The van der Waals surface area contributed by atoms with Crippen LogP contribution in [0, 0.1) is 17.2 Å². The number of nitriles is 1. The summed E-state index contributed by atoms with van der Waals surface area (Å²) in [5.74, 6) is 0.585. The van der Waals surface area contributed by atoms with Crippen LogP contribution >= 0.6 is 0 Å². The van der Waals surface area contributed by atoms with E-state index in [1.54, 1.807) is 0 Å². The first kappa shape index (κ1) is 14.1. The fraction of sp³-hybridized carbons (Fsp3) is 0.278. The highest BCUT2D eigenvalue weighted by Gasteiger charge is 2.14. The monoisotopic (exact) mass is 264 g/mol. The fourth-order valence-electron chi connectivity index (χ4n) is 2.33. The van der Waals surface area contributed by atoms with E-state index in [4.69, 9.17) is 0 Å². The molecule has 0 aliphatic rings. The Labute approximate surface area is 121 Å². The third kappa shape index (κ3) is 3.61. The summed E-state index contributed by atoms with van der Waals surface area (Å²) in [7, 11) is 0. The molecular weight excluding hydrogens is 244 g/mol. The molecule has 0 aliphatic carbocycles. The normalized spacial score (nSPS) is 11.9. The van der Waals surface area contributed by atoms with Crippen molar-refractivity contribution < 1.29 is 0 Å². The third-order valence-electron chi connectivity index (χ3n) is 3.29. The molecule has 1 atom stereocenters. The molecule has 0 aliphatic heterocycles. The molecule has 0 fully saturated rings. The van der Waals surface area contributed by atoms with Crippen LogP contribution in [-0.4, -0.2) is 0 Å². The first-order valence-electron chi connectivity index (χ1n) is 7.01. The van der Waals surface area contributed by atoms with Gasteiger partial charge in [0.05, 0.1) is 17.3 Å².